The highest BCUT2D eigenvalue weighted by Crippen LogP contribution is 1.85. The van der Waals surface area contributed by atoms with Crippen molar-refractivity contribution in [2.75, 3.05) is 6.61 Å². The van der Waals surface area contributed by atoms with Crippen LogP contribution in [0.1, 0.15) is 6.42 Å². The molecule has 0 spiro atoms. The molecule has 8 heavy (non-hydrogen) atoms. The van der Waals surface area contributed by atoms with Gasteiger partial charge < -0.3 is 10.2 Å². The summed E-state index contributed by atoms with van der Waals surface area (Å²) >= 11 is 0. The third-order valence-electron chi connectivity index (χ3n) is 0.650. The summed E-state index contributed by atoms with van der Waals surface area (Å²) < 4.78 is 0. The van der Waals surface area contributed by atoms with E-state index in [1.807, 2.05) is 0 Å². The summed E-state index contributed by atoms with van der Waals surface area (Å²) in [6, 6.07) is -0.794. The van der Waals surface area contributed by atoms with Gasteiger partial charge >= 0.3 is 0 Å². The molecule has 0 aliphatic rings. The van der Waals surface area contributed by atoms with Gasteiger partial charge in [0, 0.05) is 6.00 Å². The molecule has 2 N–H and O–H groups in total. The third kappa shape index (κ3) is 5.72. The molecule has 0 bridgehead atoms. The van der Waals surface area contributed by atoms with Gasteiger partial charge in [0.25, 0.3) is 0 Å². The summed E-state index contributed by atoms with van der Waals surface area (Å²) in [6.07, 6.45) is 3.57. The summed E-state index contributed by atoms with van der Waals surface area (Å²) in [4.78, 5) is 0. The molecule has 0 aromatic heterocycles. The first-order valence-electron chi connectivity index (χ1n) is 2.47. The van der Waals surface area contributed by atoms with E-state index in [1.165, 1.54) is 6.08 Å². The Morgan fingerprint density at radius 1 is 1.50 bits per heavy atom. The summed E-state index contributed by atoms with van der Waals surface area (Å²) in [6.45, 7) is 0.00667. The largest absolute Gasteiger partial charge is 0.403 e. The van der Waals surface area contributed by atoms with Crippen molar-refractivity contribution < 1.29 is 10.2 Å². The molecular weight excluding hydrogens is 103 g/mol. The molecule has 1 atom stereocenters. The van der Waals surface area contributed by atoms with Gasteiger partial charge in [0.05, 0.1) is 6.61 Å². The van der Waals surface area contributed by atoms with Crippen molar-refractivity contribution in [3.8, 4) is 0 Å². The van der Waals surface area contributed by atoms with Gasteiger partial charge in [0.15, 0.2) is 0 Å². The lowest BCUT2D eigenvalue weighted by atomic mass is 9.97. The Morgan fingerprint density at radius 2 is 2.12 bits per heavy atom. The first-order chi connectivity index (χ1) is 3.77. The molecule has 3 heteroatoms. The number of hydrogen-bond acceptors (Lipinski definition) is 2. The Hall–Kier alpha value is -0.275. The van der Waals surface area contributed by atoms with Crippen molar-refractivity contribution in [3.05, 3.63) is 12.2 Å². The average molecular weight is 112 g/mol. The lowest BCUT2D eigenvalue weighted by Crippen LogP contribution is -2.02. The molecule has 0 aromatic carbocycles. The zero-order valence-electron chi connectivity index (χ0n) is 4.62. The lowest BCUT2D eigenvalue weighted by molar-refractivity contribution is 0.259. The second-order valence-corrected chi connectivity index (χ2v) is 1.46. The Balaban J connectivity index is 3.03. The molecule has 0 aliphatic heterocycles. The Kier molecular flexibility index (Phi) is 4.71. The van der Waals surface area contributed by atoms with Crippen LogP contribution in [0.3, 0.4) is 0 Å². The second kappa shape index (κ2) is 4.87. The second-order valence-electron chi connectivity index (χ2n) is 1.46. The molecular formula is C5H9BO2. The van der Waals surface area contributed by atoms with Crippen LogP contribution < -0.4 is 0 Å². The molecule has 0 rings (SSSR count). The number of aliphatic hydroxyl groups is 2. The van der Waals surface area contributed by atoms with Crippen LogP contribution in [-0.2, 0) is 0 Å². The van der Waals surface area contributed by atoms with Gasteiger partial charge in [-0.2, -0.15) is 0 Å². The predicted octanol–water partition coefficient (Wildman–Crippen LogP) is -0.588. The summed E-state index contributed by atoms with van der Waals surface area (Å²) in [7, 11) is 4.96. The third-order valence-corrected chi connectivity index (χ3v) is 0.650. The van der Waals surface area contributed by atoms with Gasteiger partial charge in [0.1, 0.15) is 7.85 Å². The van der Waals surface area contributed by atoms with Gasteiger partial charge in [-0.3, -0.25) is 0 Å². The van der Waals surface area contributed by atoms with Crippen molar-refractivity contribution >= 4 is 7.85 Å². The fourth-order valence-electron chi connectivity index (χ4n) is 0.310. The van der Waals surface area contributed by atoms with E-state index < -0.39 is 6.00 Å². The van der Waals surface area contributed by atoms with Crippen molar-refractivity contribution in [1.82, 2.24) is 0 Å². The first-order valence-corrected chi connectivity index (χ1v) is 2.47. The zero-order chi connectivity index (χ0) is 6.41. The quantitative estimate of drug-likeness (QED) is 0.378. The molecule has 2 nitrogen and oxygen atoms in total. The van der Waals surface area contributed by atoms with E-state index in [4.69, 9.17) is 18.1 Å². The Morgan fingerprint density at radius 3 is 2.50 bits per heavy atom. The topological polar surface area (TPSA) is 40.5 Å². The van der Waals surface area contributed by atoms with E-state index in [2.05, 4.69) is 0 Å². The molecule has 2 radical (unpaired) electrons. The minimum Gasteiger partial charge on any atom is -0.403 e. The van der Waals surface area contributed by atoms with Crippen molar-refractivity contribution in [1.29, 1.82) is 0 Å². The van der Waals surface area contributed by atoms with Crippen LogP contribution in [0.5, 0.6) is 0 Å². The van der Waals surface area contributed by atoms with E-state index in [-0.39, 0.29) is 6.61 Å². The monoisotopic (exact) mass is 112 g/mol. The van der Waals surface area contributed by atoms with E-state index in [0.29, 0.717) is 6.42 Å². The molecule has 0 saturated heterocycles. The molecule has 0 unspecified atom stereocenters. The first kappa shape index (κ1) is 7.72. The van der Waals surface area contributed by atoms with Gasteiger partial charge in [-0.1, -0.05) is 12.2 Å². The molecule has 0 fully saturated rings. The van der Waals surface area contributed by atoms with Gasteiger partial charge in [-0.15, -0.1) is 0 Å². The van der Waals surface area contributed by atoms with E-state index in [1.54, 1.807) is 6.08 Å². The fourth-order valence-corrected chi connectivity index (χ4v) is 0.310. The Labute approximate surface area is 50.2 Å². The minimum atomic E-state index is -0.794. The van der Waals surface area contributed by atoms with E-state index in [0.717, 1.165) is 0 Å². The van der Waals surface area contributed by atoms with Crippen LogP contribution in [0.25, 0.3) is 0 Å². The van der Waals surface area contributed by atoms with Crippen LogP contribution in [0.2, 0.25) is 0 Å². The van der Waals surface area contributed by atoms with Crippen LogP contribution in [0.4, 0.5) is 0 Å². The SMILES string of the molecule is [B][C@H](O)C/C=C/CO. The predicted molar refractivity (Wildman–Crippen MR) is 32.6 cm³/mol. The Bertz CT molecular complexity index is 70.8. The maximum atomic E-state index is 8.42. The molecule has 0 aromatic rings. The zero-order valence-corrected chi connectivity index (χ0v) is 4.62. The summed E-state index contributed by atoms with van der Waals surface area (Å²) in [5, 5.41) is 16.6. The van der Waals surface area contributed by atoms with Gasteiger partial charge in [0.2, 0.25) is 0 Å². The minimum absolute atomic E-state index is 0.00667. The maximum absolute atomic E-state index is 8.42. The molecule has 44 valence electrons. The van der Waals surface area contributed by atoms with Crippen molar-refractivity contribution in [3.63, 3.8) is 0 Å². The standard InChI is InChI=1S/C5H9BO2/c6-5(8)3-1-2-4-7/h1-2,5,7-8H,3-4H2/b2-1+/t5-/m1/s1. The molecule has 0 aliphatic carbocycles. The maximum Gasteiger partial charge on any atom is 0.109 e. The smallest absolute Gasteiger partial charge is 0.109 e. The highest BCUT2D eigenvalue weighted by atomic mass is 16.3. The van der Waals surface area contributed by atoms with E-state index >= 15 is 0 Å². The fraction of sp³-hybridized carbons (Fsp3) is 0.600. The number of aliphatic hydroxyl groups excluding tert-OH is 2. The average Bonchev–Trinajstić information content (AvgIpc) is 1.66. The van der Waals surface area contributed by atoms with Gasteiger partial charge in [-0.05, 0) is 6.42 Å². The van der Waals surface area contributed by atoms with Crippen molar-refractivity contribution in [2.45, 2.75) is 12.4 Å². The number of rotatable bonds is 3. The highest BCUT2D eigenvalue weighted by Gasteiger charge is 1.86. The lowest BCUT2D eigenvalue weighted by Gasteiger charge is -1.94. The highest BCUT2D eigenvalue weighted by molar-refractivity contribution is 6.10. The van der Waals surface area contributed by atoms with Crippen LogP contribution >= 0.6 is 0 Å². The molecule has 0 saturated carbocycles. The van der Waals surface area contributed by atoms with E-state index in [9.17, 15) is 0 Å². The van der Waals surface area contributed by atoms with Gasteiger partial charge in [-0.25, -0.2) is 0 Å². The van der Waals surface area contributed by atoms with Crippen LogP contribution in [0.15, 0.2) is 12.2 Å². The molecule has 0 amide bonds. The summed E-state index contributed by atoms with van der Waals surface area (Å²) in [5.41, 5.74) is 0. The number of hydrogen-bond donors (Lipinski definition) is 2. The van der Waals surface area contributed by atoms with Crippen LogP contribution in [-0.4, -0.2) is 30.7 Å². The normalized spacial score (nSPS) is 14.8. The summed E-state index contributed by atoms with van der Waals surface area (Å²) in [5.74, 6) is 0. The van der Waals surface area contributed by atoms with Crippen LogP contribution in [0, 0.1) is 0 Å². The van der Waals surface area contributed by atoms with Crippen molar-refractivity contribution in [2.24, 2.45) is 0 Å². The molecule has 0 heterocycles.